The number of nitrogens with zero attached hydrogens (tertiary/aromatic N) is 2. The fourth-order valence-electron chi connectivity index (χ4n) is 4.53. The van der Waals surface area contributed by atoms with Crippen LogP contribution < -0.4 is 0 Å². The first kappa shape index (κ1) is 16.1. The van der Waals surface area contributed by atoms with Gasteiger partial charge in [0.15, 0.2) is 0 Å². The largest absolute Gasteiger partial charge is 0.377 e. The molecule has 3 heterocycles. The normalized spacial score (nSPS) is 30.5. The van der Waals surface area contributed by atoms with E-state index in [0.29, 0.717) is 17.9 Å². The lowest BCUT2D eigenvalue weighted by molar-refractivity contribution is 0.0506. The van der Waals surface area contributed by atoms with Crippen LogP contribution in [0.3, 0.4) is 0 Å². The van der Waals surface area contributed by atoms with Crippen molar-refractivity contribution in [1.29, 1.82) is 0 Å². The first-order valence-electron chi connectivity index (χ1n) is 9.39. The van der Waals surface area contributed by atoms with Crippen molar-refractivity contribution in [3.63, 3.8) is 0 Å². The third-order valence-corrected chi connectivity index (χ3v) is 5.96. The molecule has 4 nitrogen and oxygen atoms in total. The Balaban J connectivity index is 1.35. The summed E-state index contributed by atoms with van der Waals surface area (Å²) in [6.45, 7) is 8.21. The van der Waals surface area contributed by atoms with Gasteiger partial charge in [-0.3, -0.25) is 4.79 Å². The van der Waals surface area contributed by atoms with Crippen LogP contribution in [-0.2, 0) is 4.74 Å². The van der Waals surface area contributed by atoms with E-state index in [-0.39, 0.29) is 5.91 Å². The van der Waals surface area contributed by atoms with Gasteiger partial charge in [0, 0.05) is 38.3 Å². The molecule has 130 valence electrons. The quantitative estimate of drug-likeness (QED) is 0.855. The SMILES string of the molecule is Cc1ccc(C(=O)N2C[C@H]3CCN(CC4CCCO4)C[C@H]3C2)cc1. The van der Waals surface area contributed by atoms with Gasteiger partial charge in [0.05, 0.1) is 6.10 Å². The van der Waals surface area contributed by atoms with Crippen LogP contribution >= 0.6 is 0 Å². The Labute approximate surface area is 144 Å². The first-order chi connectivity index (χ1) is 11.7. The average Bonchev–Trinajstić information content (AvgIpc) is 3.24. The zero-order chi connectivity index (χ0) is 16.5. The maximum atomic E-state index is 12.8. The maximum Gasteiger partial charge on any atom is 0.253 e. The fourth-order valence-corrected chi connectivity index (χ4v) is 4.53. The van der Waals surface area contributed by atoms with Crippen molar-refractivity contribution in [2.24, 2.45) is 11.8 Å². The molecule has 1 amide bonds. The summed E-state index contributed by atoms with van der Waals surface area (Å²) < 4.78 is 5.79. The standard InChI is InChI=1S/C20H28N2O2/c1-15-4-6-16(7-5-15)20(23)22-12-17-8-9-21(11-18(17)13-22)14-19-3-2-10-24-19/h4-7,17-19H,2-3,8-14H2,1H3/t17-,18+,19?/m1/s1. The van der Waals surface area contributed by atoms with Crippen molar-refractivity contribution in [2.75, 3.05) is 39.3 Å². The minimum atomic E-state index is 0.204. The number of piperidine rings is 1. The number of hydrogen-bond donors (Lipinski definition) is 0. The lowest BCUT2D eigenvalue weighted by Crippen LogP contribution is -2.43. The van der Waals surface area contributed by atoms with Crippen molar-refractivity contribution in [1.82, 2.24) is 9.80 Å². The van der Waals surface area contributed by atoms with Crippen LogP contribution in [0.4, 0.5) is 0 Å². The molecule has 24 heavy (non-hydrogen) atoms. The smallest absolute Gasteiger partial charge is 0.253 e. The number of benzene rings is 1. The molecule has 4 heteroatoms. The molecule has 0 aliphatic carbocycles. The molecule has 1 aromatic carbocycles. The molecule has 3 fully saturated rings. The number of rotatable bonds is 3. The van der Waals surface area contributed by atoms with Gasteiger partial charge in [-0.15, -0.1) is 0 Å². The zero-order valence-corrected chi connectivity index (χ0v) is 14.6. The van der Waals surface area contributed by atoms with Gasteiger partial charge in [0.2, 0.25) is 0 Å². The summed E-state index contributed by atoms with van der Waals surface area (Å²) in [6, 6.07) is 7.98. The molecule has 0 spiro atoms. The van der Waals surface area contributed by atoms with Crippen LogP contribution in [0.25, 0.3) is 0 Å². The summed E-state index contributed by atoms with van der Waals surface area (Å²) in [5.74, 6) is 1.52. The van der Waals surface area contributed by atoms with Crippen LogP contribution in [-0.4, -0.2) is 61.1 Å². The Bertz CT molecular complexity index is 580. The van der Waals surface area contributed by atoms with Crippen molar-refractivity contribution in [3.05, 3.63) is 35.4 Å². The molecule has 3 aliphatic heterocycles. The lowest BCUT2D eigenvalue weighted by atomic mass is 9.88. The number of carbonyl (C=O) groups excluding carboxylic acids is 1. The van der Waals surface area contributed by atoms with E-state index in [0.717, 1.165) is 44.9 Å². The second-order valence-electron chi connectivity index (χ2n) is 7.78. The molecule has 4 rings (SSSR count). The van der Waals surface area contributed by atoms with Crippen molar-refractivity contribution >= 4 is 5.91 Å². The van der Waals surface area contributed by atoms with Gasteiger partial charge in [0.25, 0.3) is 5.91 Å². The van der Waals surface area contributed by atoms with E-state index in [1.807, 2.05) is 24.3 Å². The molecule has 0 saturated carbocycles. The lowest BCUT2D eigenvalue weighted by Gasteiger charge is -2.35. The predicted octanol–water partition coefficient (Wildman–Crippen LogP) is 2.57. The summed E-state index contributed by atoms with van der Waals surface area (Å²) in [7, 11) is 0. The molecule has 1 aromatic rings. The highest BCUT2D eigenvalue weighted by atomic mass is 16.5. The third kappa shape index (κ3) is 3.35. The molecular weight excluding hydrogens is 300 g/mol. The first-order valence-corrected chi connectivity index (χ1v) is 9.39. The topological polar surface area (TPSA) is 32.8 Å². The molecule has 1 unspecified atom stereocenters. The summed E-state index contributed by atoms with van der Waals surface area (Å²) in [5, 5.41) is 0. The fraction of sp³-hybridized carbons (Fsp3) is 0.650. The Hall–Kier alpha value is -1.39. The molecule has 3 atom stereocenters. The maximum absolute atomic E-state index is 12.8. The van der Waals surface area contributed by atoms with Gasteiger partial charge >= 0.3 is 0 Å². The van der Waals surface area contributed by atoms with Gasteiger partial charge in [-0.05, 0) is 56.7 Å². The van der Waals surface area contributed by atoms with Gasteiger partial charge in [-0.25, -0.2) is 0 Å². The number of ether oxygens (including phenoxy) is 1. The summed E-state index contributed by atoms with van der Waals surface area (Å²) in [5.41, 5.74) is 2.03. The van der Waals surface area contributed by atoms with Crippen LogP contribution in [0, 0.1) is 18.8 Å². The summed E-state index contributed by atoms with van der Waals surface area (Å²) >= 11 is 0. The molecule has 0 N–H and O–H groups in total. The monoisotopic (exact) mass is 328 g/mol. The van der Waals surface area contributed by atoms with Gasteiger partial charge in [-0.2, -0.15) is 0 Å². The number of likely N-dealkylation sites (tertiary alicyclic amines) is 2. The molecule has 0 radical (unpaired) electrons. The Morgan fingerprint density at radius 1 is 1.12 bits per heavy atom. The van der Waals surface area contributed by atoms with Crippen molar-refractivity contribution in [3.8, 4) is 0 Å². The molecule has 3 aliphatic rings. The highest BCUT2D eigenvalue weighted by Crippen LogP contribution is 2.32. The Morgan fingerprint density at radius 3 is 2.67 bits per heavy atom. The van der Waals surface area contributed by atoms with Crippen LogP contribution in [0.15, 0.2) is 24.3 Å². The highest BCUT2D eigenvalue weighted by Gasteiger charge is 2.39. The molecule has 0 bridgehead atoms. The second kappa shape index (κ2) is 6.85. The molecular formula is C20H28N2O2. The zero-order valence-electron chi connectivity index (χ0n) is 14.6. The van der Waals surface area contributed by atoms with Crippen molar-refractivity contribution in [2.45, 2.75) is 32.3 Å². The van der Waals surface area contributed by atoms with Gasteiger partial charge in [0.1, 0.15) is 0 Å². The van der Waals surface area contributed by atoms with Gasteiger partial charge in [-0.1, -0.05) is 17.7 Å². The minimum absolute atomic E-state index is 0.204. The van der Waals surface area contributed by atoms with E-state index in [9.17, 15) is 4.79 Å². The third-order valence-electron chi connectivity index (χ3n) is 5.96. The summed E-state index contributed by atoms with van der Waals surface area (Å²) in [4.78, 5) is 17.4. The van der Waals surface area contributed by atoms with Crippen LogP contribution in [0.2, 0.25) is 0 Å². The van der Waals surface area contributed by atoms with Gasteiger partial charge < -0.3 is 14.5 Å². The average molecular weight is 328 g/mol. The number of fused-ring (bicyclic) bond motifs is 1. The second-order valence-corrected chi connectivity index (χ2v) is 7.78. The van der Waals surface area contributed by atoms with Crippen LogP contribution in [0.1, 0.15) is 35.2 Å². The van der Waals surface area contributed by atoms with Crippen molar-refractivity contribution < 1.29 is 9.53 Å². The highest BCUT2D eigenvalue weighted by molar-refractivity contribution is 5.94. The van der Waals surface area contributed by atoms with E-state index in [1.54, 1.807) is 0 Å². The van der Waals surface area contributed by atoms with E-state index < -0.39 is 0 Å². The number of aryl methyl sites for hydroxylation is 1. The van der Waals surface area contributed by atoms with E-state index in [2.05, 4.69) is 16.7 Å². The predicted molar refractivity (Wildman–Crippen MR) is 94.1 cm³/mol. The Morgan fingerprint density at radius 2 is 1.92 bits per heavy atom. The van der Waals surface area contributed by atoms with E-state index in [4.69, 9.17) is 4.74 Å². The Kier molecular flexibility index (Phi) is 4.59. The molecule has 0 aromatic heterocycles. The summed E-state index contributed by atoms with van der Waals surface area (Å²) in [6.07, 6.45) is 4.08. The number of carbonyl (C=O) groups is 1. The van der Waals surface area contributed by atoms with E-state index >= 15 is 0 Å². The molecule has 3 saturated heterocycles. The number of amides is 1. The van der Waals surface area contributed by atoms with E-state index in [1.165, 1.54) is 24.8 Å². The van der Waals surface area contributed by atoms with Crippen LogP contribution in [0.5, 0.6) is 0 Å². The minimum Gasteiger partial charge on any atom is -0.377 e. The number of hydrogen-bond acceptors (Lipinski definition) is 3.